The van der Waals surface area contributed by atoms with Crippen molar-refractivity contribution in [2.75, 3.05) is 0 Å². The minimum atomic E-state index is -0.771. The molecule has 0 amide bonds. The maximum Gasteiger partial charge on any atom is 0.137 e. The molecule has 3 nitrogen and oxygen atoms in total. The molecule has 0 saturated carbocycles. The molecule has 1 atom stereocenters. The highest BCUT2D eigenvalue weighted by molar-refractivity contribution is 5.34. The lowest BCUT2D eigenvalue weighted by atomic mass is 10.1. The number of aliphatic hydroxyl groups excluding tert-OH is 1. The second-order valence-electron chi connectivity index (χ2n) is 3.15. The van der Waals surface area contributed by atoms with Crippen molar-refractivity contribution in [3.63, 3.8) is 0 Å². The zero-order valence-electron chi connectivity index (χ0n) is 7.92. The van der Waals surface area contributed by atoms with Crippen LogP contribution >= 0.6 is 0 Å². The van der Waals surface area contributed by atoms with Crippen LogP contribution in [0.3, 0.4) is 0 Å². The number of nitrogens with zero attached hydrogens (tertiary/aromatic N) is 1. The van der Waals surface area contributed by atoms with Gasteiger partial charge in [0.2, 0.25) is 0 Å². The molecular formula is C12H9NO2. The van der Waals surface area contributed by atoms with E-state index in [9.17, 15) is 5.11 Å². The van der Waals surface area contributed by atoms with E-state index in [1.54, 1.807) is 36.4 Å². The zero-order chi connectivity index (χ0) is 10.7. The molecule has 2 aromatic rings. The molecule has 0 aliphatic rings. The summed E-state index contributed by atoms with van der Waals surface area (Å²) in [6.07, 6.45) is 0.745. The molecule has 0 saturated heterocycles. The van der Waals surface area contributed by atoms with Gasteiger partial charge >= 0.3 is 0 Å². The molecule has 1 heterocycles. The molecular weight excluding hydrogens is 190 g/mol. The van der Waals surface area contributed by atoms with E-state index in [1.165, 1.54) is 6.26 Å². The quantitative estimate of drug-likeness (QED) is 0.806. The highest BCUT2D eigenvalue weighted by Crippen LogP contribution is 2.22. The first-order valence-electron chi connectivity index (χ1n) is 4.53. The minimum Gasteiger partial charge on any atom is -0.466 e. The molecule has 15 heavy (non-hydrogen) atoms. The van der Waals surface area contributed by atoms with Gasteiger partial charge < -0.3 is 9.52 Å². The van der Waals surface area contributed by atoms with Crippen LogP contribution < -0.4 is 0 Å². The predicted molar refractivity (Wildman–Crippen MR) is 53.9 cm³/mol. The molecule has 3 heteroatoms. The lowest BCUT2D eigenvalue weighted by molar-refractivity contribution is 0.189. The van der Waals surface area contributed by atoms with Crippen molar-refractivity contribution in [2.45, 2.75) is 6.10 Å². The summed E-state index contributed by atoms with van der Waals surface area (Å²) in [4.78, 5) is 0. The molecule has 0 spiro atoms. The van der Waals surface area contributed by atoms with Crippen molar-refractivity contribution in [1.82, 2.24) is 0 Å². The van der Waals surface area contributed by atoms with Crippen LogP contribution in [0, 0.1) is 11.3 Å². The number of aliphatic hydroxyl groups is 1. The summed E-state index contributed by atoms with van der Waals surface area (Å²) in [6, 6.07) is 12.2. The van der Waals surface area contributed by atoms with Crippen LogP contribution in [0.5, 0.6) is 0 Å². The summed E-state index contributed by atoms with van der Waals surface area (Å²) < 4.78 is 5.09. The van der Waals surface area contributed by atoms with Gasteiger partial charge in [0.1, 0.15) is 11.9 Å². The summed E-state index contributed by atoms with van der Waals surface area (Å²) >= 11 is 0. The molecule has 1 N–H and O–H groups in total. The van der Waals surface area contributed by atoms with Gasteiger partial charge in [-0.25, -0.2) is 0 Å². The third-order valence-electron chi connectivity index (χ3n) is 2.17. The SMILES string of the molecule is N#Cc1ccc(C(O)c2ccco2)cc1. The van der Waals surface area contributed by atoms with E-state index in [4.69, 9.17) is 9.68 Å². The van der Waals surface area contributed by atoms with E-state index in [0.717, 1.165) is 0 Å². The first-order chi connectivity index (χ1) is 7.31. The molecule has 0 fully saturated rings. The van der Waals surface area contributed by atoms with Crippen LogP contribution in [-0.4, -0.2) is 5.11 Å². The van der Waals surface area contributed by atoms with Gasteiger partial charge in [0.15, 0.2) is 0 Å². The average Bonchev–Trinajstić information content (AvgIpc) is 2.82. The number of hydrogen-bond donors (Lipinski definition) is 1. The van der Waals surface area contributed by atoms with Crippen LogP contribution in [0.1, 0.15) is 23.0 Å². The maximum atomic E-state index is 9.87. The fraction of sp³-hybridized carbons (Fsp3) is 0.0833. The van der Waals surface area contributed by atoms with E-state index >= 15 is 0 Å². The molecule has 1 aromatic heterocycles. The van der Waals surface area contributed by atoms with Gasteiger partial charge in [-0.1, -0.05) is 12.1 Å². The normalized spacial score (nSPS) is 12.0. The molecule has 0 radical (unpaired) electrons. The summed E-state index contributed by atoms with van der Waals surface area (Å²) in [5, 5.41) is 18.5. The molecule has 1 aromatic carbocycles. The number of furan rings is 1. The lowest BCUT2D eigenvalue weighted by Crippen LogP contribution is -1.97. The van der Waals surface area contributed by atoms with Crippen molar-refractivity contribution in [3.8, 4) is 6.07 Å². The summed E-state index contributed by atoms with van der Waals surface area (Å²) in [5.41, 5.74) is 1.29. The minimum absolute atomic E-state index is 0.500. The third kappa shape index (κ3) is 1.90. The largest absolute Gasteiger partial charge is 0.466 e. The topological polar surface area (TPSA) is 57.2 Å². The summed E-state index contributed by atoms with van der Waals surface area (Å²) in [5.74, 6) is 0.500. The molecule has 0 bridgehead atoms. The Kier molecular flexibility index (Phi) is 2.53. The Morgan fingerprint density at radius 3 is 2.47 bits per heavy atom. The van der Waals surface area contributed by atoms with Crippen molar-refractivity contribution in [3.05, 3.63) is 59.5 Å². The van der Waals surface area contributed by atoms with Gasteiger partial charge in [0.25, 0.3) is 0 Å². The molecule has 74 valence electrons. The Labute approximate surface area is 87.2 Å². The first-order valence-corrected chi connectivity index (χ1v) is 4.53. The molecule has 2 rings (SSSR count). The van der Waals surface area contributed by atoms with Gasteiger partial charge in [-0.05, 0) is 29.8 Å². The number of hydrogen-bond acceptors (Lipinski definition) is 3. The standard InChI is InChI=1S/C12H9NO2/c13-8-9-3-5-10(6-4-9)12(14)11-2-1-7-15-11/h1-7,12,14H. The lowest BCUT2D eigenvalue weighted by Gasteiger charge is -2.07. The van der Waals surface area contributed by atoms with Crippen LogP contribution in [-0.2, 0) is 0 Å². The fourth-order valence-electron chi connectivity index (χ4n) is 1.35. The van der Waals surface area contributed by atoms with E-state index in [0.29, 0.717) is 16.9 Å². The van der Waals surface area contributed by atoms with Crippen LogP contribution in [0.4, 0.5) is 0 Å². The van der Waals surface area contributed by atoms with Crippen LogP contribution in [0.25, 0.3) is 0 Å². The molecule has 0 aliphatic heterocycles. The van der Waals surface area contributed by atoms with E-state index in [-0.39, 0.29) is 0 Å². The second kappa shape index (κ2) is 3.99. The predicted octanol–water partition coefficient (Wildman–Crippen LogP) is 2.23. The van der Waals surface area contributed by atoms with E-state index in [2.05, 4.69) is 0 Å². The van der Waals surface area contributed by atoms with Crippen molar-refractivity contribution in [1.29, 1.82) is 5.26 Å². The van der Waals surface area contributed by atoms with E-state index < -0.39 is 6.10 Å². The number of nitriles is 1. The van der Waals surface area contributed by atoms with Gasteiger partial charge in [-0.2, -0.15) is 5.26 Å². The Morgan fingerprint density at radius 2 is 1.93 bits per heavy atom. The monoisotopic (exact) mass is 199 g/mol. The van der Waals surface area contributed by atoms with Crippen molar-refractivity contribution in [2.24, 2.45) is 0 Å². The highest BCUT2D eigenvalue weighted by atomic mass is 16.4. The molecule has 0 aliphatic carbocycles. The average molecular weight is 199 g/mol. The van der Waals surface area contributed by atoms with Gasteiger partial charge in [0.05, 0.1) is 17.9 Å². The maximum absolute atomic E-state index is 9.87. The van der Waals surface area contributed by atoms with Crippen LogP contribution in [0.15, 0.2) is 47.1 Å². The summed E-state index contributed by atoms with van der Waals surface area (Å²) in [6.45, 7) is 0. The Bertz CT molecular complexity index is 465. The smallest absolute Gasteiger partial charge is 0.137 e. The second-order valence-corrected chi connectivity index (χ2v) is 3.15. The molecule has 1 unspecified atom stereocenters. The highest BCUT2D eigenvalue weighted by Gasteiger charge is 2.12. The van der Waals surface area contributed by atoms with Crippen molar-refractivity contribution < 1.29 is 9.52 Å². The Hall–Kier alpha value is -2.05. The van der Waals surface area contributed by atoms with Gasteiger partial charge in [-0.3, -0.25) is 0 Å². The summed E-state index contributed by atoms with van der Waals surface area (Å²) in [7, 11) is 0. The zero-order valence-corrected chi connectivity index (χ0v) is 7.92. The van der Waals surface area contributed by atoms with Gasteiger partial charge in [-0.15, -0.1) is 0 Å². The Morgan fingerprint density at radius 1 is 1.20 bits per heavy atom. The fourth-order valence-corrected chi connectivity index (χ4v) is 1.35. The number of rotatable bonds is 2. The first kappa shape index (κ1) is 9.50. The van der Waals surface area contributed by atoms with Crippen molar-refractivity contribution >= 4 is 0 Å². The Balaban J connectivity index is 2.27. The van der Waals surface area contributed by atoms with Gasteiger partial charge in [0, 0.05) is 0 Å². The number of benzene rings is 1. The van der Waals surface area contributed by atoms with E-state index in [1.807, 2.05) is 6.07 Å². The van der Waals surface area contributed by atoms with Crippen LogP contribution in [0.2, 0.25) is 0 Å². The third-order valence-corrected chi connectivity index (χ3v) is 2.17.